The number of thiazole rings is 1. The van der Waals surface area contributed by atoms with Gasteiger partial charge in [-0.15, -0.1) is 16.4 Å². The van der Waals surface area contributed by atoms with Gasteiger partial charge in [-0.25, -0.2) is 14.5 Å². The van der Waals surface area contributed by atoms with Gasteiger partial charge in [-0.1, -0.05) is 12.1 Å². The molecule has 0 fully saturated rings. The number of hydrogen-bond acceptors (Lipinski definition) is 5. The Labute approximate surface area is 95.6 Å². The maximum Gasteiger partial charge on any atom is 0.358 e. The lowest BCUT2D eigenvalue weighted by atomic mass is 10.4. The summed E-state index contributed by atoms with van der Waals surface area (Å²) >= 11 is 1.59. The normalized spacial score (nSPS) is 10.6. The molecule has 84 valence electrons. The number of rotatable bonds is 4. The van der Waals surface area contributed by atoms with E-state index in [0.717, 1.165) is 17.1 Å². The van der Waals surface area contributed by atoms with E-state index < -0.39 is 5.97 Å². The Morgan fingerprint density at radius 1 is 1.62 bits per heavy atom. The molecule has 0 bridgehead atoms. The lowest BCUT2D eigenvalue weighted by molar-refractivity contribution is 0.0690. The maximum atomic E-state index is 10.6. The first-order chi connectivity index (χ1) is 7.69. The number of carboxylic acids is 1. The minimum atomic E-state index is -1.07. The third-order valence-electron chi connectivity index (χ3n) is 1.98. The van der Waals surface area contributed by atoms with Gasteiger partial charge < -0.3 is 5.11 Å². The summed E-state index contributed by atoms with van der Waals surface area (Å²) in [5.41, 5.74) is 0.828. The monoisotopic (exact) mass is 238 g/mol. The Morgan fingerprint density at radius 2 is 2.44 bits per heavy atom. The molecule has 6 nitrogen and oxygen atoms in total. The summed E-state index contributed by atoms with van der Waals surface area (Å²) < 4.78 is 1.47. The smallest absolute Gasteiger partial charge is 0.358 e. The summed E-state index contributed by atoms with van der Waals surface area (Å²) in [6.45, 7) is 2.50. The van der Waals surface area contributed by atoms with E-state index in [4.69, 9.17) is 5.11 Å². The highest BCUT2D eigenvalue weighted by molar-refractivity contribution is 7.09. The highest BCUT2D eigenvalue weighted by atomic mass is 32.1. The summed E-state index contributed by atoms with van der Waals surface area (Å²) in [5, 5.41) is 18.9. The van der Waals surface area contributed by atoms with Crippen LogP contribution in [0.15, 0.2) is 11.6 Å². The van der Waals surface area contributed by atoms with Gasteiger partial charge in [0, 0.05) is 5.38 Å². The molecule has 2 rings (SSSR count). The molecule has 2 aromatic heterocycles. The highest BCUT2D eigenvalue weighted by Gasteiger charge is 2.09. The summed E-state index contributed by atoms with van der Waals surface area (Å²) in [6, 6.07) is 0. The van der Waals surface area contributed by atoms with Gasteiger partial charge in [-0.05, 0) is 6.42 Å². The fraction of sp³-hybridized carbons (Fsp3) is 0.333. The average molecular weight is 238 g/mol. The Kier molecular flexibility index (Phi) is 2.95. The maximum absolute atomic E-state index is 10.6. The van der Waals surface area contributed by atoms with Crippen molar-refractivity contribution in [3.05, 3.63) is 28.0 Å². The van der Waals surface area contributed by atoms with Crippen LogP contribution in [0.1, 0.15) is 28.1 Å². The first kappa shape index (κ1) is 10.7. The van der Waals surface area contributed by atoms with Crippen molar-refractivity contribution in [2.45, 2.75) is 19.9 Å². The molecule has 0 aliphatic heterocycles. The second-order valence-electron chi connectivity index (χ2n) is 3.19. The minimum absolute atomic E-state index is 0.0501. The number of carboxylic acid groups (broad SMARTS) is 1. The summed E-state index contributed by atoms with van der Waals surface area (Å²) in [6.07, 6.45) is 2.30. The van der Waals surface area contributed by atoms with Crippen LogP contribution >= 0.6 is 11.3 Å². The van der Waals surface area contributed by atoms with Crippen LogP contribution in [0.25, 0.3) is 0 Å². The van der Waals surface area contributed by atoms with Crippen LogP contribution in [0.4, 0.5) is 0 Å². The fourth-order valence-electron chi connectivity index (χ4n) is 1.22. The first-order valence-corrected chi connectivity index (χ1v) is 5.63. The van der Waals surface area contributed by atoms with Crippen LogP contribution in [-0.2, 0) is 13.0 Å². The van der Waals surface area contributed by atoms with E-state index in [0.29, 0.717) is 6.54 Å². The van der Waals surface area contributed by atoms with E-state index in [1.54, 1.807) is 11.3 Å². The molecular formula is C9H10N4O2S. The van der Waals surface area contributed by atoms with Gasteiger partial charge in [0.1, 0.15) is 0 Å². The van der Waals surface area contributed by atoms with E-state index in [1.807, 2.05) is 12.3 Å². The number of hydrogen-bond donors (Lipinski definition) is 1. The second-order valence-corrected chi connectivity index (χ2v) is 4.14. The number of carbonyl (C=O) groups is 1. The molecule has 0 aliphatic carbocycles. The van der Waals surface area contributed by atoms with Crippen molar-refractivity contribution in [2.75, 3.05) is 0 Å². The number of aryl methyl sites for hydroxylation is 1. The zero-order chi connectivity index (χ0) is 11.5. The summed E-state index contributed by atoms with van der Waals surface area (Å²) in [5.74, 6) is -1.07. The van der Waals surface area contributed by atoms with Crippen molar-refractivity contribution in [1.82, 2.24) is 20.0 Å². The molecular weight excluding hydrogens is 228 g/mol. The van der Waals surface area contributed by atoms with Gasteiger partial charge in [0.05, 0.1) is 23.4 Å². The van der Waals surface area contributed by atoms with Crippen molar-refractivity contribution < 1.29 is 9.90 Å². The predicted octanol–water partition coefficient (Wildman–Crippen LogP) is 1.04. The standard InChI is InChI=1S/C9H10N4O2S/c1-2-8-10-6(5-16-8)3-13-4-7(9(14)15)11-12-13/h4-5H,2-3H2,1H3,(H,14,15). The molecule has 16 heavy (non-hydrogen) atoms. The lowest BCUT2D eigenvalue weighted by Gasteiger charge is -1.94. The van der Waals surface area contributed by atoms with E-state index in [-0.39, 0.29) is 5.69 Å². The topological polar surface area (TPSA) is 80.9 Å². The van der Waals surface area contributed by atoms with E-state index in [9.17, 15) is 4.79 Å². The molecule has 2 aromatic rings. The molecule has 7 heteroatoms. The van der Waals surface area contributed by atoms with Crippen LogP contribution in [-0.4, -0.2) is 31.1 Å². The van der Waals surface area contributed by atoms with Gasteiger partial charge in [0.2, 0.25) is 0 Å². The second kappa shape index (κ2) is 4.40. The number of aromatic nitrogens is 4. The quantitative estimate of drug-likeness (QED) is 0.860. The highest BCUT2D eigenvalue weighted by Crippen LogP contribution is 2.11. The Balaban J connectivity index is 2.11. The minimum Gasteiger partial charge on any atom is -0.476 e. The van der Waals surface area contributed by atoms with Gasteiger partial charge >= 0.3 is 5.97 Å². The third-order valence-corrected chi connectivity index (χ3v) is 3.03. The molecule has 0 saturated carbocycles. The molecule has 0 spiro atoms. The van der Waals surface area contributed by atoms with E-state index in [1.165, 1.54) is 10.9 Å². The average Bonchev–Trinajstić information content (AvgIpc) is 2.87. The first-order valence-electron chi connectivity index (χ1n) is 4.75. The zero-order valence-corrected chi connectivity index (χ0v) is 9.44. The van der Waals surface area contributed by atoms with Crippen molar-refractivity contribution in [1.29, 1.82) is 0 Å². The molecule has 0 aliphatic rings. The predicted molar refractivity (Wildman–Crippen MR) is 57.6 cm³/mol. The van der Waals surface area contributed by atoms with E-state index >= 15 is 0 Å². The van der Waals surface area contributed by atoms with Crippen LogP contribution in [0.3, 0.4) is 0 Å². The van der Waals surface area contributed by atoms with Gasteiger partial charge in [0.25, 0.3) is 0 Å². The van der Waals surface area contributed by atoms with Gasteiger partial charge in [-0.2, -0.15) is 0 Å². The molecule has 0 saturated heterocycles. The van der Waals surface area contributed by atoms with Crippen LogP contribution in [0.2, 0.25) is 0 Å². The Bertz CT molecular complexity index is 505. The molecule has 2 heterocycles. The molecule has 0 unspecified atom stereocenters. The van der Waals surface area contributed by atoms with Crippen molar-refractivity contribution >= 4 is 17.3 Å². The largest absolute Gasteiger partial charge is 0.476 e. The number of aromatic carboxylic acids is 1. The molecule has 0 aromatic carbocycles. The molecule has 1 N–H and O–H groups in total. The van der Waals surface area contributed by atoms with E-state index in [2.05, 4.69) is 15.3 Å². The van der Waals surface area contributed by atoms with Crippen LogP contribution < -0.4 is 0 Å². The third kappa shape index (κ3) is 2.25. The van der Waals surface area contributed by atoms with Crippen molar-refractivity contribution in [2.24, 2.45) is 0 Å². The summed E-state index contributed by atoms with van der Waals surface area (Å²) in [4.78, 5) is 14.9. The van der Waals surface area contributed by atoms with Crippen LogP contribution in [0, 0.1) is 0 Å². The molecule has 0 radical (unpaired) electrons. The fourth-order valence-corrected chi connectivity index (χ4v) is 1.96. The Morgan fingerprint density at radius 3 is 3.00 bits per heavy atom. The summed E-state index contributed by atoms with van der Waals surface area (Å²) in [7, 11) is 0. The van der Waals surface area contributed by atoms with Crippen LogP contribution in [0.5, 0.6) is 0 Å². The molecule has 0 atom stereocenters. The SMILES string of the molecule is CCc1nc(Cn2cc(C(=O)O)nn2)cs1. The molecule has 0 amide bonds. The number of nitrogens with zero attached hydrogens (tertiary/aromatic N) is 4. The zero-order valence-electron chi connectivity index (χ0n) is 8.62. The van der Waals surface area contributed by atoms with Crippen molar-refractivity contribution in [3.63, 3.8) is 0 Å². The Hall–Kier alpha value is -1.76. The lowest BCUT2D eigenvalue weighted by Crippen LogP contribution is -2.01. The van der Waals surface area contributed by atoms with Gasteiger partial charge in [0.15, 0.2) is 5.69 Å². The van der Waals surface area contributed by atoms with Gasteiger partial charge in [-0.3, -0.25) is 0 Å². The van der Waals surface area contributed by atoms with Crippen molar-refractivity contribution in [3.8, 4) is 0 Å².